The van der Waals surface area contributed by atoms with Gasteiger partial charge in [-0.15, -0.1) is 0 Å². The summed E-state index contributed by atoms with van der Waals surface area (Å²) in [5, 5.41) is 6.70. The van der Waals surface area contributed by atoms with E-state index in [2.05, 4.69) is 25.2 Å². The third kappa shape index (κ3) is 8.32. The Morgan fingerprint density at radius 2 is 2.04 bits per heavy atom. The van der Waals surface area contributed by atoms with Crippen LogP contribution in [0.4, 0.5) is 0 Å². The van der Waals surface area contributed by atoms with Gasteiger partial charge in [-0.25, -0.2) is 13.1 Å². The van der Waals surface area contributed by atoms with E-state index in [9.17, 15) is 8.42 Å². The third-order valence-electron chi connectivity index (χ3n) is 4.17. The minimum atomic E-state index is -3.58. The van der Waals surface area contributed by atoms with Crippen LogP contribution in [-0.2, 0) is 14.8 Å². The second-order valence-electron chi connectivity index (χ2n) is 6.35. The van der Waals surface area contributed by atoms with E-state index in [0.29, 0.717) is 24.1 Å². The summed E-state index contributed by atoms with van der Waals surface area (Å²) in [7, 11) is -3.58. The molecule has 1 fully saturated rings. The maximum absolute atomic E-state index is 12.3. The maximum atomic E-state index is 12.3. The fraction of sp³-hybridized carbons (Fsp3) is 0.611. The molecule has 1 heterocycles. The molecule has 28 heavy (non-hydrogen) atoms. The van der Waals surface area contributed by atoms with E-state index in [1.54, 1.807) is 12.1 Å². The Kier molecular flexibility index (Phi) is 10.0. The lowest BCUT2D eigenvalue weighted by atomic mass is 10.3. The van der Waals surface area contributed by atoms with Crippen LogP contribution in [0.2, 0.25) is 5.02 Å². The third-order valence-corrected chi connectivity index (χ3v) is 5.86. The number of hydrogen-bond acceptors (Lipinski definition) is 5. The lowest BCUT2D eigenvalue weighted by Gasteiger charge is -2.26. The first-order valence-electron chi connectivity index (χ1n) is 9.59. The highest BCUT2D eigenvalue weighted by molar-refractivity contribution is 7.89. The van der Waals surface area contributed by atoms with Crippen molar-refractivity contribution in [2.24, 2.45) is 4.99 Å². The first kappa shape index (κ1) is 22.9. The number of morpholine rings is 1. The molecule has 0 atom stereocenters. The molecule has 10 heteroatoms. The Morgan fingerprint density at radius 1 is 1.25 bits per heavy atom. The predicted molar refractivity (Wildman–Crippen MR) is 112 cm³/mol. The molecule has 0 bridgehead atoms. The number of ether oxygens (including phenoxy) is 1. The van der Waals surface area contributed by atoms with Crippen molar-refractivity contribution in [2.75, 3.05) is 59.0 Å². The van der Waals surface area contributed by atoms with Gasteiger partial charge < -0.3 is 15.4 Å². The summed E-state index contributed by atoms with van der Waals surface area (Å²) < 4.78 is 32.4. The number of benzene rings is 1. The molecule has 0 aromatic heterocycles. The molecule has 3 N–H and O–H groups in total. The van der Waals surface area contributed by atoms with Gasteiger partial charge in [-0.1, -0.05) is 17.7 Å². The summed E-state index contributed by atoms with van der Waals surface area (Å²) in [4.78, 5) is 7.08. The summed E-state index contributed by atoms with van der Waals surface area (Å²) in [6.45, 7) is 8.69. The van der Waals surface area contributed by atoms with E-state index in [1.165, 1.54) is 12.1 Å². The largest absolute Gasteiger partial charge is 0.379 e. The van der Waals surface area contributed by atoms with E-state index >= 15 is 0 Å². The topological polar surface area (TPSA) is 95.1 Å². The molecule has 0 saturated carbocycles. The Hall–Kier alpha value is -1.39. The van der Waals surface area contributed by atoms with E-state index in [-0.39, 0.29) is 11.4 Å². The monoisotopic (exact) mass is 431 g/mol. The van der Waals surface area contributed by atoms with Crippen molar-refractivity contribution in [3.8, 4) is 0 Å². The molecule has 1 aromatic rings. The molecule has 0 radical (unpaired) electrons. The Morgan fingerprint density at radius 3 is 2.75 bits per heavy atom. The number of sulfonamides is 1. The van der Waals surface area contributed by atoms with Crippen LogP contribution in [0.25, 0.3) is 0 Å². The van der Waals surface area contributed by atoms with Crippen molar-refractivity contribution < 1.29 is 13.2 Å². The SMILES string of the molecule is CCNC(=NCCCN1CCOCC1)NCCNS(=O)(=O)c1cccc(Cl)c1. The average molecular weight is 432 g/mol. The van der Waals surface area contributed by atoms with E-state index in [1.807, 2.05) is 6.92 Å². The highest BCUT2D eigenvalue weighted by Crippen LogP contribution is 2.14. The Labute approximate surface area is 172 Å². The summed E-state index contributed by atoms with van der Waals surface area (Å²) in [6, 6.07) is 6.20. The number of halogens is 1. The smallest absolute Gasteiger partial charge is 0.240 e. The van der Waals surface area contributed by atoms with Gasteiger partial charge in [-0.3, -0.25) is 9.89 Å². The van der Waals surface area contributed by atoms with Gasteiger partial charge in [0.25, 0.3) is 0 Å². The molecule has 0 aliphatic carbocycles. The van der Waals surface area contributed by atoms with Crippen molar-refractivity contribution in [1.29, 1.82) is 0 Å². The quantitative estimate of drug-likeness (QED) is 0.289. The van der Waals surface area contributed by atoms with Gasteiger partial charge in [-0.05, 0) is 31.5 Å². The number of nitrogens with one attached hydrogen (secondary N) is 3. The van der Waals surface area contributed by atoms with Crippen molar-refractivity contribution >= 4 is 27.6 Å². The van der Waals surface area contributed by atoms with Gasteiger partial charge in [0, 0.05) is 50.8 Å². The van der Waals surface area contributed by atoms with Crippen LogP contribution in [0, 0.1) is 0 Å². The van der Waals surface area contributed by atoms with Gasteiger partial charge in [0.1, 0.15) is 0 Å². The molecule has 8 nitrogen and oxygen atoms in total. The summed E-state index contributed by atoms with van der Waals surface area (Å²) in [5.74, 6) is 0.687. The lowest BCUT2D eigenvalue weighted by Crippen LogP contribution is -2.41. The molecular weight excluding hydrogens is 402 g/mol. The summed E-state index contributed by atoms with van der Waals surface area (Å²) in [5.41, 5.74) is 0. The number of hydrogen-bond donors (Lipinski definition) is 3. The van der Waals surface area contributed by atoms with Gasteiger partial charge in [0.15, 0.2) is 5.96 Å². The second-order valence-corrected chi connectivity index (χ2v) is 8.55. The maximum Gasteiger partial charge on any atom is 0.240 e. The molecule has 1 saturated heterocycles. The van der Waals surface area contributed by atoms with Crippen LogP contribution in [0.5, 0.6) is 0 Å². The van der Waals surface area contributed by atoms with Crippen molar-refractivity contribution in [3.63, 3.8) is 0 Å². The first-order valence-corrected chi connectivity index (χ1v) is 11.4. The zero-order valence-electron chi connectivity index (χ0n) is 16.3. The molecule has 2 rings (SSSR count). The standard InChI is InChI=1S/C18H30ClN5O3S/c1-2-20-18(21-7-4-10-24-11-13-27-14-12-24)22-8-9-23-28(25,26)17-6-3-5-16(19)15-17/h3,5-6,15,23H,2,4,7-14H2,1H3,(H2,20,21,22). The molecule has 1 aromatic carbocycles. The molecule has 0 unspecified atom stereocenters. The van der Waals surface area contributed by atoms with Crippen LogP contribution >= 0.6 is 11.6 Å². The Balaban J connectivity index is 1.71. The summed E-state index contributed by atoms with van der Waals surface area (Å²) in [6.07, 6.45) is 0.970. The van der Waals surface area contributed by atoms with Crippen LogP contribution < -0.4 is 15.4 Å². The number of guanidine groups is 1. The highest BCUT2D eigenvalue weighted by atomic mass is 35.5. The number of aliphatic imine (C=N–C) groups is 1. The van der Waals surface area contributed by atoms with Crippen LogP contribution in [0.1, 0.15) is 13.3 Å². The first-order chi connectivity index (χ1) is 13.5. The van der Waals surface area contributed by atoms with Gasteiger partial charge in [-0.2, -0.15) is 0 Å². The minimum Gasteiger partial charge on any atom is -0.379 e. The molecule has 0 amide bonds. The van der Waals surface area contributed by atoms with Crippen molar-refractivity contribution in [2.45, 2.75) is 18.2 Å². The van der Waals surface area contributed by atoms with Crippen LogP contribution in [-0.4, -0.2) is 78.3 Å². The van der Waals surface area contributed by atoms with Crippen molar-refractivity contribution in [1.82, 2.24) is 20.3 Å². The van der Waals surface area contributed by atoms with Crippen LogP contribution in [0.15, 0.2) is 34.2 Å². The van der Waals surface area contributed by atoms with Gasteiger partial charge >= 0.3 is 0 Å². The van der Waals surface area contributed by atoms with E-state index in [4.69, 9.17) is 16.3 Å². The fourth-order valence-electron chi connectivity index (χ4n) is 2.74. The molecule has 1 aliphatic heterocycles. The molecule has 158 valence electrons. The average Bonchev–Trinajstić information content (AvgIpc) is 2.69. The normalized spacial score (nSPS) is 16.1. The second kappa shape index (κ2) is 12.2. The van der Waals surface area contributed by atoms with Crippen molar-refractivity contribution in [3.05, 3.63) is 29.3 Å². The zero-order chi connectivity index (χ0) is 20.2. The lowest BCUT2D eigenvalue weighted by molar-refractivity contribution is 0.0377. The Bertz CT molecular complexity index is 724. The van der Waals surface area contributed by atoms with E-state index in [0.717, 1.165) is 45.8 Å². The van der Waals surface area contributed by atoms with Gasteiger partial charge in [0.05, 0.1) is 18.1 Å². The molecule has 1 aliphatic rings. The minimum absolute atomic E-state index is 0.156. The van der Waals surface area contributed by atoms with Gasteiger partial charge in [0.2, 0.25) is 10.0 Å². The molecular formula is C18H30ClN5O3S. The van der Waals surface area contributed by atoms with E-state index < -0.39 is 10.0 Å². The zero-order valence-corrected chi connectivity index (χ0v) is 17.9. The molecule has 0 spiro atoms. The predicted octanol–water partition coefficient (Wildman–Crippen LogP) is 0.896. The number of nitrogens with zero attached hydrogens (tertiary/aromatic N) is 2. The number of rotatable bonds is 10. The highest BCUT2D eigenvalue weighted by Gasteiger charge is 2.13. The fourth-order valence-corrected chi connectivity index (χ4v) is 4.07. The summed E-state index contributed by atoms with van der Waals surface area (Å²) >= 11 is 5.86. The van der Waals surface area contributed by atoms with Crippen LogP contribution in [0.3, 0.4) is 0 Å².